The second-order valence-electron chi connectivity index (χ2n) is 5.74. The summed E-state index contributed by atoms with van der Waals surface area (Å²) in [7, 11) is 1.61. The van der Waals surface area contributed by atoms with E-state index in [1.165, 1.54) is 0 Å². The van der Waals surface area contributed by atoms with E-state index in [-0.39, 0.29) is 11.4 Å². The van der Waals surface area contributed by atoms with Crippen LogP contribution in [0.3, 0.4) is 0 Å². The molecule has 1 heterocycles. The quantitative estimate of drug-likeness (QED) is 0.803. The monoisotopic (exact) mass is 248 g/mol. The normalized spacial score (nSPS) is 20.2. The Hall–Kier alpha value is -1.71. The highest BCUT2D eigenvalue weighted by Crippen LogP contribution is 2.41. The first kappa shape index (κ1) is 12.7. The largest absolute Gasteiger partial charge is 0.497 e. The SMILES string of the molecule is COc1ccc2c(c1)NC(=O)C(C)(C)C(C)(C)N2. The van der Waals surface area contributed by atoms with Crippen LogP contribution < -0.4 is 15.4 Å². The van der Waals surface area contributed by atoms with E-state index >= 15 is 0 Å². The Kier molecular flexibility index (Phi) is 2.76. The van der Waals surface area contributed by atoms with Crippen molar-refractivity contribution in [2.24, 2.45) is 5.41 Å². The van der Waals surface area contributed by atoms with E-state index in [1.54, 1.807) is 7.11 Å². The van der Waals surface area contributed by atoms with Crippen molar-refractivity contribution in [3.63, 3.8) is 0 Å². The van der Waals surface area contributed by atoms with E-state index in [1.807, 2.05) is 45.9 Å². The summed E-state index contributed by atoms with van der Waals surface area (Å²) >= 11 is 0. The Morgan fingerprint density at radius 1 is 1.11 bits per heavy atom. The standard InChI is InChI=1S/C14H20N2O2/c1-13(2)12(17)15-11-8-9(18-5)6-7-10(11)16-14(13,3)4/h6-8,16H,1-5H3,(H,15,17). The van der Waals surface area contributed by atoms with Crippen molar-refractivity contribution >= 4 is 17.3 Å². The minimum atomic E-state index is -0.515. The molecule has 0 spiro atoms. The van der Waals surface area contributed by atoms with Crippen molar-refractivity contribution < 1.29 is 9.53 Å². The van der Waals surface area contributed by atoms with E-state index in [9.17, 15) is 4.79 Å². The Balaban J connectivity index is 2.51. The summed E-state index contributed by atoms with van der Waals surface area (Å²) in [6.45, 7) is 7.95. The number of hydrogen-bond donors (Lipinski definition) is 2. The van der Waals surface area contributed by atoms with Crippen LogP contribution in [0.2, 0.25) is 0 Å². The van der Waals surface area contributed by atoms with Gasteiger partial charge in [-0.05, 0) is 39.8 Å². The maximum absolute atomic E-state index is 12.3. The van der Waals surface area contributed by atoms with Gasteiger partial charge in [-0.3, -0.25) is 4.79 Å². The highest BCUT2D eigenvalue weighted by molar-refractivity contribution is 6.00. The Morgan fingerprint density at radius 2 is 1.78 bits per heavy atom. The van der Waals surface area contributed by atoms with Gasteiger partial charge in [0.15, 0.2) is 0 Å². The number of ether oxygens (including phenoxy) is 1. The molecular formula is C14H20N2O2. The molecule has 0 bridgehead atoms. The van der Waals surface area contributed by atoms with Gasteiger partial charge < -0.3 is 15.4 Å². The van der Waals surface area contributed by atoms with Crippen LogP contribution in [0.15, 0.2) is 18.2 Å². The zero-order valence-electron chi connectivity index (χ0n) is 11.5. The molecule has 98 valence electrons. The number of amides is 1. The Bertz CT molecular complexity index is 493. The third-order valence-corrected chi connectivity index (χ3v) is 4.05. The van der Waals surface area contributed by atoms with E-state index in [2.05, 4.69) is 10.6 Å². The molecule has 0 saturated carbocycles. The highest BCUT2D eigenvalue weighted by Gasteiger charge is 2.45. The van der Waals surface area contributed by atoms with E-state index < -0.39 is 5.41 Å². The van der Waals surface area contributed by atoms with E-state index in [4.69, 9.17) is 4.74 Å². The molecule has 4 heteroatoms. The molecule has 1 aromatic carbocycles. The first-order chi connectivity index (χ1) is 8.28. The number of hydrogen-bond acceptors (Lipinski definition) is 3. The third kappa shape index (κ3) is 1.82. The fraction of sp³-hybridized carbons (Fsp3) is 0.500. The summed E-state index contributed by atoms with van der Waals surface area (Å²) in [5.74, 6) is 0.736. The molecule has 4 nitrogen and oxygen atoms in total. The second kappa shape index (κ2) is 3.90. The van der Waals surface area contributed by atoms with Crippen LogP contribution >= 0.6 is 0 Å². The van der Waals surface area contributed by atoms with Crippen LogP contribution in [0.4, 0.5) is 11.4 Å². The van der Waals surface area contributed by atoms with Crippen LogP contribution in [0.25, 0.3) is 0 Å². The molecular weight excluding hydrogens is 228 g/mol. The lowest BCUT2D eigenvalue weighted by Gasteiger charge is -2.39. The molecule has 0 fully saturated rings. The zero-order valence-corrected chi connectivity index (χ0v) is 11.5. The predicted octanol–water partition coefficient (Wildman–Crippen LogP) is 2.86. The average molecular weight is 248 g/mol. The minimum absolute atomic E-state index is 0.00648. The van der Waals surface area contributed by atoms with Gasteiger partial charge >= 0.3 is 0 Å². The number of benzene rings is 1. The Morgan fingerprint density at radius 3 is 2.39 bits per heavy atom. The molecule has 1 amide bonds. The van der Waals surface area contributed by atoms with Gasteiger partial charge in [0.2, 0.25) is 5.91 Å². The van der Waals surface area contributed by atoms with Crippen LogP contribution in [-0.4, -0.2) is 18.6 Å². The lowest BCUT2D eigenvalue weighted by molar-refractivity contribution is -0.126. The maximum Gasteiger partial charge on any atom is 0.232 e. The molecule has 0 aromatic heterocycles. The lowest BCUT2D eigenvalue weighted by atomic mass is 9.74. The van der Waals surface area contributed by atoms with Gasteiger partial charge in [0.1, 0.15) is 5.75 Å². The smallest absolute Gasteiger partial charge is 0.232 e. The molecule has 0 atom stereocenters. The highest BCUT2D eigenvalue weighted by atomic mass is 16.5. The first-order valence-corrected chi connectivity index (χ1v) is 6.05. The molecule has 0 radical (unpaired) electrons. The molecule has 0 unspecified atom stereocenters. The molecule has 2 rings (SSSR count). The van der Waals surface area contributed by atoms with Crippen LogP contribution in [-0.2, 0) is 4.79 Å². The summed E-state index contributed by atoms with van der Waals surface area (Å²) in [4.78, 5) is 12.3. The van der Waals surface area contributed by atoms with Crippen molar-refractivity contribution in [3.8, 4) is 5.75 Å². The number of carbonyl (C=O) groups is 1. The summed E-state index contributed by atoms with van der Waals surface area (Å²) < 4.78 is 5.18. The van der Waals surface area contributed by atoms with Gasteiger partial charge in [0.05, 0.1) is 23.9 Å². The van der Waals surface area contributed by atoms with Crippen molar-refractivity contribution in [3.05, 3.63) is 18.2 Å². The van der Waals surface area contributed by atoms with Gasteiger partial charge in [0, 0.05) is 11.6 Å². The number of carbonyl (C=O) groups excluding carboxylic acids is 1. The number of fused-ring (bicyclic) bond motifs is 1. The zero-order chi connectivity index (χ0) is 13.6. The van der Waals surface area contributed by atoms with Crippen LogP contribution in [0.5, 0.6) is 5.75 Å². The maximum atomic E-state index is 12.3. The van der Waals surface area contributed by atoms with Crippen molar-refractivity contribution in [2.45, 2.75) is 33.2 Å². The van der Waals surface area contributed by atoms with Crippen molar-refractivity contribution in [1.29, 1.82) is 0 Å². The van der Waals surface area contributed by atoms with Crippen LogP contribution in [0, 0.1) is 5.41 Å². The predicted molar refractivity (Wildman–Crippen MR) is 73.1 cm³/mol. The molecule has 0 saturated heterocycles. The number of anilines is 2. The summed E-state index contributed by atoms with van der Waals surface area (Å²) in [5.41, 5.74) is 0.827. The summed E-state index contributed by atoms with van der Waals surface area (Å²) in [6.07, 6.45) is 0. The van der Waals surface area contributed by atoms with E-state index in [0.29, 0.717) is 0 Å². The fourth-order valence-electron chi connectivity index (χ4n) is 1.92. The fourth-order valence-corrected chi connectivity index (χ4v) is 1.92. The first-order valence-electron chi connectivity index (χ1n) is 6.05. The van der Waals surface area contributed by atoms with Crippen LogP contribution in [0.1, 0.15) is 27.7 Å². The summed E-state index contributed by atoms with van der Waals surface area (Å²) in [5, 5.41) is 6.39. The van der Waals surface area contributed by atoms with Crippen molar-refractivity contribution in [2.75, 3.05) is 17.7 Å². The van der Waals surface area contributed by atoms with Gasteiger partial charge in [-0.1, -0.05) is 0 Å². The Labute approximate surface area is 108 Å². The summed E-state index contributed by atoms with van der Waals surface area (Å²) in [6, 6.07) is 5.64. The van der Waals surface area contributed by atoms with Gasteiger partial charge in [-0.25, -0.2) is 0 Å². The minimum Gasteiger partial charge on any atom is -0.497 e. The molecule has 1 aliphatic rings. The van der Waals surface area contributed by atoms with E-state index in [0.717, 1.165) is 17.1 Å². The van der Waals surface area contributed by atoms with Gasteiger partial charge in [0.25, 0.3) is 0 Å². The lowest BCUT2D eigenvalue weighted by Crippen LogP contribution is -2.50. The second-order valence-corrected chi connectivity index (χ2v) is 5.74. The third-order valence-electron chi connectivity index (χ3n) is 4.05. The number of methoxy groups -OCH3 is 1. The van der Waals surface area contributed by atoms with Gasteiger partial charge in [-0.15, -0.1) is 0 Å². The van der Waals surface area contributed by atoms with Gasteiger partial charge in [-0.2, -0.15) is 0 Å². The molecule has 1 aliphatic heterocycles. The average Bonchev–Trinajstić information content (AvgIpc) is 2.35. The molecule has 1 aromatic rings. The van der Waals surface area contributed by atoms with Crippen molar-refractivity contribution in [1.82, 2.24) is 0 Å². The molecule has 2 N–H and O–H groups in total. The molecule has 18 heavy (non-hydrogen) atoms. The number of rotatable bonds is 1. The topological polar surface area (TPSA) is 50.4 Å². The number of nitrogens with one attached hydrogen (secondary N) is 2. The molecule has 0 aliphatic carbocycles.